The average Bonchev–Trinajstić information content (AvgIpc) is 3.36. The van der Waals surface area contributed by atoms with Gasteiger partial charge in [-0.25, -0.2) is 4.98 Å². The standard InChI is InChI=1S/C21H24N8O/c1-14-18(15(2)29-21(25-14)26-20(22)27-29)8-9-19(30)23-12-16-6-3-4-7-17(16)13-28-11-5-10-24-28/h3-7,10-11H,8-9,12-13H2,1-2H3,(H2,22,27)(H,23,30). The zero-order valence-corrected chi connectivity index (χ0v) is 17.0. The number of carbonyl (C=O) groups excluding carboxylic acids is 1. The molecule has 4 aromatic rings. The lowest BCUT2D eigenvalue weighted by atomic mass is 10.1. The number of nitrogens with zero attached hydrogens (tertiary/aromatic N) is 6. The zero-order valence-electron chi connectivity index (χ0n) is 17.0. The molecule has 1 aromatic carbocycles. The van der Waals surface area contributed by atoms with Gasteiger partial charge in [-0.05, 0) is 43.0 Å². The number of aryl methyl sites for hydroxylation is 2. The average molecular weight is 404 g/mol. The highest BCUT2D eigenvalue weighted by Gasteiger charge is 2.14. The van der Waals surface area contributed by atoms with Crippen LogP contribution in [0, 0.1) is 13.8 Å². The summed E-state index contributed by atoms with van der Waals surface area (Å²) in [5.74, 6) is 0.652. The second-order valence-electron chi connectivity index (χ2n) is 7.19. The predicted molar refractivity (Wildman–Crippen MR) is 113 cm³/mol. The van der Waals surface area contributed by atoms with Gasteiger partial charge >= 0.3 is 0 Å². The topological polar surface area (TPSA) is 116 Å². The Labute approximate surface area is 174 Å². The van der Waals surface area contributed by atoms with Gasteiger partial charge in [-0.2, -0.15) is 14.6 Å². The molecule has 3 N–H and O–H groups in total. The third-order valence-electron chi connectivity index (χ3n) is 5.15. The number of hydrogen-bond donors (Lipinski definition) is 2. The summed E-state index contributed by atoms with van der Waals surface area (Å²) in [5.41, 5.74) is 10.6. The zero-order chi connectivity index (χ0) is 21.1. The Morgan fingerprint density at radius 2 is 1.93 bits per heavy atom. The normalized spacial score (nSPS) is 11.1. The molecule has 9 heteroatoms. The van der Waals surface area contributed by atoms with E-state index >= 15 is 0 Å². The van der Waals surface area contributed by atoms with E-state index in [0.29, 0.717) is 31.7 Å². The summed E-state index contributed by atoms with van der Waals surface area (Å²) < 4.78 is 3.49. The fraction of sp³-hybridized carbons (Fsp3) is 0.286. The van der Waals surface area contributed by atoms with Crippen LogP contribution >= 0.6 is 0 Å². The summed E-state index contributed by atoms with van der Waals surface area (Å²) >= 11 is 0. The van der Waals surface area contributed by atoms with E-state index in [0.717, 1.165) is 28.1 Å². The molecule has 0 aliphatic heterocycles. The first kappa shape index (κ1) is 19.6. The summed E-state index contributed by atoms with van der Waals surface area (Å²) in [4.78, 5) is 21.1. The van der Waals surface area contributed by atoms with Crippen LogP contribution in [0.1, 0.15) is 34.5 Å². The van der Waals surface area contributed by atoms with E-state index < -0.39 is 0 Å². The van der Waals surface area contributed by atoms with Gasteiger partial charge in [0.1, 0.15) is 0 Å². The SMILES string of the molecule is Cc1nc2nc(N)nn2c(C)c1CCC(=O)NCc1ccccc1Cn1cccn1. The Morgan fingerprint density at radius 3 is 2.70 bits per heavy atom. The summed E-state index contributed by atoms with van der Waals surface area (Å²) in [5, 5.41) is 11.5. The Morgan fingerprint density at radius 1 is 1.13 bits per heavy atom. The molecule has 1 amide bonds. The van der Waals surface area contributed by atoms with E-state index in [1.54, 1.807) is 10.7 Å². The molecule has 0 unspecified atom stereocenters. The molecule has 4 rings (SSSR count). The maximum Gasteiger partial charge on any atom is 0.254 e. The number of amides is 1. The molecule has 3 heterocycles. The molecule has 0 bridgehead atoms. The van der Waals surface area contributed by atoms with E-state index in [1.807, 2.05) is 49.0 Å². The predicted octanol–water partition coefficient (Wildman–Crippen LogP) is 1.82. The first-order valence-corrected chi connectivity index (χ1v) is 9.80. The van der Waals surface area contributed by atoms with Gasteiger partial charge in [0.15, 0.2) is 0 Å². The van der Waals surface area contributed by atoms with Crippen molar-refractivity contribution < 1.29 is 4.79 Å². The van der Waals surface area contributed by atoms with E-state index in [-0.39, 0.29) is 11.9 Å². The number of carbonyl (C=O) groups is 1. The molecule has 0 saturated heterocycles. The highest BCUT2D eigenvalue weighted by molar-refractivity contribution is 5.76. The van der Waals surface area contributed by atoms with Gasteiger partial charge in [0, 0.05) is 36.7 Å². The smallest absolute Gasteiger partial charge is 0.254 e. The number of nitrogens with one attached hydrogen (secondary N) is 1. The number of aromatic nitrogens is 6. The van der Waals surface area contributed by atoms with Crippen LogP contribution in [0.25, 0.3) is 5.78 Å². The highest BCUT2D eigenvalue weighted by atomic mass is 16.1. The molecule has 0 radical (unpaired) electrons. The van der Waals surface area contributed by atoms with Gasteiger partial charge in [-0.1, -0.05) is 24.3 Å². The molecule has 30 heavy (non-hydrogen) atoms. The van der Waals surface area contributed by atoms with E-state index in [1.165, 1.54) is 0 Å². The van der Waals surface area contributed by atoms with Crippen molar-refractivity contribution in [2.24, 2.45) is 0 Å². The fourth-order valence-electron chi connectivity index (χ4n) is 3.56. The van der Waals surface area contributed by atoms with Crippen molar-refractivity contribution in [1.29, 1.82) is 0 Å². The molecular formula is C21H24N8O. The minimum absolute atomic E-state index is 0.0131. The minimum Gasteiger partial charge on any atom is -0.366 e. The third-order valence-corrected chi connectivity index (χ3v) is 5.15. The van der Waals surface area contributed by atoms with Gasteiger partial charge < -0.3 is 11.1 Å². The number of hydrogen-bond acceptors (Lipinski definition) is 6. The van der Waals surface area contributed by atoms with Gasteiger partial charge in [0.25, 0.3) is 5.78 Å². The summed E-state index contributed by atoms with van der Waals surface area (Å²) in [6.45, 7) is 5.00. The largest absolute Gasteiger partial charge is 0.366 e. The van der Waals surface area contributed by atoms with Gasteiger partial charge in [-0.3, -0.25) is 9.48 Å². The number of nitrogens with two attached hydrogens (primary N) is 1. The second-order valence-corrected chi connectivity index (χ2v) is 7.19. The lowest BCUT2D eigenvalue weighted by molar-refractivity contribution is -0.121. The Bertz CT molecular complexity index is 1180. The molecule has 0 spiro atoms. The quantitative estimate of drug-likeness (QED) is 0.485. The molecule has 0 atom stereocenters. The first-order valence-electron chi connectivity index (χ1n) is 9.80. The van der Waals surface area contributed by atoms with Crippen LogP contribution in [0.2, 0.25) is 0 Å². The fourth-order valence-corrected chi connectivity index (χ4v) is 3.56. The van der Waals surface area contributed by atoms with E-state index in [2.05, 4.69) is 31.5 Å². The van der Waals surface area contributed by atoms with E-state index in [4.69, 9.17) is 5.73 Å². The van der Waals surface area contributed by atoms with Crippen LogP contribution in [-0.4, -0.2) is 35.3 Å². The summed E-state index contributed by atoms with van der Waals surface area (Å²) in [6, 6.07) is 9.95. The maximum absolute atomic E-state index is 12.5. The van der Waals surface area contributed by atoms with Gasteiger partial charge in [0.2, 0.25) is 11.9 Å². The molecule has 154 valence electrons. The van der Waals surface area contributed by atoms with Crippen LogP contribution in [0.3, 0.4) is 0 Å². The van der Waals surface area contributed by atoms with Gasteiger partial charge in [0.05, 0.1) is 6.54 Å². The van der Waals surface area contributed by atoms with Crippen molar-refractivity contribution in [1.82, 2.24) is 34.7 Å². The molecule has 3 aromatic heterocycles. The maximum atomic E-state index is 12.5. The van der Waals surface area contributed by atoms with Crippen LogP contribution in [0.5, 0.6) is 0 Å². The van der Waals surface area contributed by atoms with Crippen LogP contribution < -0.4 is 11.1 Å². The van der Waals surface area contributed by atoms with Crippen molar-refractivity contribution in [3.05, 3.63) is 70.8 Å². The van der Waals surface area contributed by atoms with Crippen molar-refractivity contribution in [2.75, 3.05) is 5.73 Å². The number of anilines is 1. The monoisotopic (exact) mass is 404 g/mol. The number of nitrogen functional groups attached to an aromatic ring is 1. The molecule has 0 aliphatic carbocycles. The van der Waals surface area contributed by atoms with Crippen LogP contribution in [-0.2, 0) is 24.3 Å². The third kappa shape index (κ3) is 4.14. The molecule has 0 saturated carbocycles. The van der Waals surface area contributed by atoms with Crippen molar-refractivity contribution >= 4 is 17.6 Å². The van der Waals surface area contributed by atoms with Crippen LogP contribution in [0.4, 0.5) is 5.95 Å². The second kappa shape index (κ2) is 8.32. The van der Waals surface area contributed by atoms with Crippen LogP contribution in [0.15, 0.2) is 42.7 Å². The lowest BCUT2D eigenvalue weighted by Gasteiger charge is -2.12. The molecule has 0 aliphatic rings. The Balaban J connectivity index is 1.39. The molecule has 9 nitrogen and oxygen atoms in total. The lowest BCUT2D eigenvalue weighted by Crippen LogP contribution is -2.24. The Hall–Kier alpha value is -3.75. The van der Waals surface area contributed by atoms with Crippen molar-refractivity contribution in [3.8, 4) is 0 Å². The van der Waals surface area contributed by atoms with Crippen molar-refractivity contribution in [3.63, 3.8) is 0 Å². The molecule has 0 fully saturated rings. The first-order chi connectivity index (χ1) is 14.5. The number of benzene rings is 1. The number of rotatable bonds is 7. The Kier molecular flexibility index (Phi) is 5.42. The minimum atomic E-state index is -0.0131. The van der Waals surface area contributed by atoms with Gasteiger partial charge in [-0.15, -0.1) is 5.10 Å². The number of fused-ring (bicyclic) bond motifs is 1. The summed E-state index contributed by atoms with van der Waals surface area (Å²) in [6.07, 6.45) is 4.61. The molecular weight excluding hydrogens is 380 g/mol. The van der Waals surface area contributed by atoms with E-state index in [9.17, 15) is 4.79 Å². The summed E-state index contributed by atoms with van der Waals surface area (Å²) in [7, 11) is 0. The van der Waals surface area contributed by atoms with Crippen molar-refractivity contribution in [2.45, 2.75) is 39.8 Å². The highest BCUT2D eigenvalue weighted by Crippen LogP contribution is 2.16.